The van der Waals surface area contributed by atoms with Crippen LogP contribution in [0.1, 0.15) is 36.9 Å². The fourth-order valence-electron chi connectivity index (χ4n) is 3.31. The Balaban J connectivity index is 2.05. The molecule has 0 aliphatic carbocycles. The van der Waals surface area contributed by atoms with Gasteiger partial charge >= 0.3 is 5.97 Å². The van der Waals surface area contributed by atoms with Crippen LogP contribution in [0.2, 0.25) is 0 Å². The van der Waals surface area contributed by atoms with Crippen molar-refractivity contribution in [1.82, 2.24) is 10.2 Å². The molecule has 1 unspecified atom stereocenters. The molecule has 0 radical (unpaired) electrons. The number of rotatable bonds is 7. The second-order valence-electron chi connectivity index (χ2n) is 6.32. The van der Waals surface area contributed by atoms with E-state index >= 15 is 0 Å². The van der Waals surface area contributed by atoms with E-state index in [0.29, 0.717) is 24.5 Å². The lowest BCUT2D eigenvalue weighted by atomic mass is 10.0. The predicted octanol–water partition coefficient (Wildman–Crippen LogP) is 1.74. The number of methoxy groups -OCH3 is 2. The van der Waals surface area contributed by atoms with Gasteiger partial charge in [0.2, 0.25) is 5.91 Å². The van der Waals surface area contributed by atoms with Gasteiger partial charge in [-0.2, -0.15) is 0 Å². The molecule has 7 nitrogen and oxygen atoms in total. The second kappa shape index (κ2) is 8.20. The number of aryl methyl sites for hydroxylation is 1. The molecule has 138 valence electrons. The maximum Gasteiger partial charge on any atom is 0.320 e. The molecular weight excluding hydrogens is 324 g/mol. The van der Waals surface area contributed by atoms with Crippen molar-refractivity contribution in [3.05, 3.63) is 23.3 Å². The standard InChI is InChI=1S/C18H26N2O5/c1-11-8-15(24-3)16(25-4)9-13(11)12(2)19-17(21)10-20-7-5-6-14(20)18(22)23/h8-9,12,14H,5-7,10H2,1-4H3,(H,19,21)(H,22,23)/t12?,14-/m0/s1. The molecule has 1 heterocycles. The van der Waals surface area contributed by atoms with E-state index in [9.17, 15) is 14.7 Å². The van der Waals surface area contributed by atoms with Crippen molar-refractivity contribution in [3.8, 4) is 11.5 Å². The third-order valence-corrected chi connectivity index (χ3v) is 4.61. The SMILES string of the molecule is COc1cc(C)c(C(C)NC(=O)CN2CCC[C@H]2C(=O)O)cc1OC. The summed E-state index contributed by atoms with van der Waals surface area (Å²) in [6, 6.07) is 2.94. The maximum atomic E-state index is 12.3. The summed E-state index contributed by atoms with van der Waals surface area (Å²) in [6.45, 7) is 4.56. The first-order valence-electron chi connectivity index (χ1n) is 8.36. The van der Waals surface area contributed by atoms with Gasteiger partial charge in [0.05, 0.1) is 26.8 Å². The fourth-order valence-corrected chi connectivity index (χ4v) is 3.31. The fraction of sp³-hybridized carbons (Fsp3) is 0.556. The minimum absolute atomic E-state index is 0.0909. The van der Waals surface area contributed by atoms with Gasteiger partial charge in [-0.05, 0) is 56.5 Å². The highest BCUT2D eigenvalue weighted by Crippen LogP contribution is 2.32. The molecule has 0 bridgehead atoms. The lowest BCUT2D eigenvalue weighted by Crippen LogP contribution is -2.43. The molecule has 0 saturated carbocycles. The van der Waals surface area contributed by atoms with Crippen LogP contribution in [-0.2, 0) is 9.59 Å². The molecule has 1 aromatic carbocycles. The Labute approximate surface area is 147 Å². The number of amides is 1. The van der Waals surface area contributed by atoms with Gasteiger partial charge in [0.15, 0.2) is 11.5 Å². The zero-order chi connectivity index (χ0) is 18.6. The number of carbonyl (C=O) groups excluding carboxylic acids is 1. The number of nitrogens with one attached hydrogen (secondary N) is 1. The Bertz CT molecular complexity index is 647. The molecule has 25 heavy (non-hydrogen) atoms. The van der Waals surface area contributed by atoms with Crippen LogP contribution in [0.3, 0.4) is 0 Å². The van der Waals surface area contributed by atoms with E-state index < -0.39 is 12.0 Å². The summed E-state index contributed by atoms with van der Waals surface area (Å²) in [6.07, 6.45) is 1.39. The van der Waals surface area contributed by atoms with Crippen LogP contribution >= 0.6 is 0 Å². The Hall–Kier alpha value is -2.28. The van der Waals surface area contributed by atoms with Crippen molar-refractivity contribution in [3.63, 3.8) is 0 Å². The Morgan fingerprint density at radius 1 is 1.32 bits per heavy atom. The zero-order valence-electron chi connectivity index (χ0n) is 15.2. The molecule has 1 aromatic rings. The van der Waals surface area contributed by atoms with Crippen molar-refractivity contribution in [2.75, 3.05) is 27.3 Å². The monoisotopic (exact) mass is 350 g/mol. The highest BCUT2D eigenvalue weighted by atomic mass is 16.5. The number of nitrogens with zero attached hydrogens (tertiary/aromatic N) is 1. The van der Waals surface area contributed by atoms with Crippen LogP contribution in [0.4, 0.5) is 0 Å². The number of benzene rings is 1. The number of carboxylic acid groups (broad SMARTS) is 1. The quantitative estimate of drug-likeness (QED) is 0.779. The van der Waals surface area contributed by atoms with Crippen LogP contribution in [0.15, 0.2) is 12.1 Å². The summed E-state index contributed by atoms with van der Waals surface area (Å²) in [5, 5.41) is 12.1. The van der Waals surface area contributed by atoms with Crippen LogP contribution in [0.25, 0.3) is 0 Å². The van der Waals surface area contributed by atoms with E-state index in [1.54, 1.807) is 19.1 Å². The third kappa shape index (κ3) is 4.42. The van der Waals surface area contributed by atoms with Gasteiger partial charge in [0.25, 0.3) is 0 Å². The predicted molar refractivity (Wildman–Crippen MR) is 93.1 cm³/mol. The van der Waals surface area contributed by atoms with Crippen LogP contribution < -0.4 is 14.8 Å². The number of carbonyl (C=O) groups is 2. The largest absolute Gasteiger partial charge is 0.493 e. The van der Waals surface area contributed by atoms with Gasteiger partial charge in [-0.1, -0.05) is 0 Å². The molecular formula is C18H26N2O5. The molecule has 0 aromatic heterocycles. The number of aliphatic carboxylic acids is 1. The number of hydrogen-bond donors (Lipinski definition) is 2. The maximum absolute atomic E-state index is 12.3. The molecule has 7 heteroatoms. The van der Waals surface area contributed by atoms with Crippen LogP contribution in [0.5, 0.6) is 11.5 Å². The summed E-state index contributed by atoms with van der Waals surface area (Å²) in [5.41, 5.74) is 1.91. The summed E-state index contributed by atoms with van der Waals surface area (Å²) in [7, 11) is 3.15. The first-order chi connectivity index (χ1) is 11.9. The lowest BCUT2D eigenvalue weighted by molar-refractivity contribution is -0.142. The van der Waals surface area contributed by atoms with E-state index in [1.807, 2.05) is 26.0 Å². The van der Waals surface area contributed by atoms with Crippen molar-refractivity contribution < 1.29 is 24.2 Å². The number of likely N-dealkylation sites (tertiary alicyclic amines) is 1. The first-order valence-corrected chi connectivity index (χ1v) is 8.36. The summed E-state index contributed by atoms with van der Waals surface area (Å²) < 4.78 is 10.6. The first kappa shape index (κ1) is 19.1. The topological polar surface area (TPSA) is 88.1 Å². The van der Waals surface area contributed by atoms with Gasteiger partial charge in [0, 0.05) is 0 Å². The minimum atomic E-state index is -0.867. The number of carboxylic acids is 1. The van der Waals surface area contributed by atoms with Gasteiger partial charge in [-0.25, -0.2) is 0 Å². The Kier molecular flexibility index (Phi) is 6.25. The van der Waals surface area contributed by atoms with Crippen LogP contribution in [0, 0.1) is 6.92 Å². The smallest absolute Gasteiger partial charge is 0.320 e. The second-order valence-corrected chi connectivity index (χ2v) is 6.32. The summed E-state index contributed by atoms with van der Waals surface area (Å²) in [5.74, 6) is 0.197. The highest BCUT2D eigenvalue weighted by Gasteiger charge is 2.31. The zero-order valence-corrected chi connectivity index (χ0v) is 15.2. The van der Waals surface area contributed by atoms with Crippen molar-refractivity contribution in [1.29, 1.82) is 0 Å². The number of hydrogen-bond acceptors (Lipinski definition) is 5. The molecule has 1 aliphatic heterocycles. The molecule has 1 saturated heterocycles. The minimum Gasteiger partial charge on any atom is -0.493 e. The lowest BCUT2D eigenvalue weighted by Gasteiger charge is -2.23. The molecule has 2 rings (SSSR count). The summed E-state index contributed by atoms with van der Waals surface area (Å²) >= 11 is 0. The molecule has 2 atom stereocenters. The molecule has 1 aliphatic rings. The Morgan fingerprint density at radius 2 is 1.96 bits per heavy atom. The van der Waals surface area contributed by atoms with Crippen LogP contribution in [-0.4, -0.2) is 55.2 Å². The number of ether oxygens (including phenoxy) is 2. The van der Waals surface area contributed by atoms with Gasteiger partial charge < -0.3 is 19.9 Å². The molecule has 1 amide bonds. The van der Waals surface area contributed by atoms with Crippen molar-refractivity contribution in [2.45, 2.75) is 38.8 Å². The van der Waals surface area contributed by atoms with Crippen molar-refractivity contribution >= 4 is 11.9 Å². The normalized spacial score (nSPS) is 18.6. The highest BCUT2D eigenvalue weighted by molar-refractivity contribution is 5.80. The Morgan fingerprint density at radius 3 is 2.56 bits per heavy atom. The van der Waals surface area contributed by atoms with E-state index in [1.165, 1.54) is 0 Å². The average Bonchev–Trinajstić information content (AvgIpc) is 3.02. The third-order valence-electron chi connectivity index (χ3n) is 4.61. The van der Waals surface area contributed by atoms with E-state index in [0.717, 1.165) is 17.5 Å². The van der Waals surface area contributed by atoms with Gasteiger partial charge in [0.1, 0.15) is 6.04 Å². The van der Waals surface area contributed by atoms with Gasteiger partial charge in [-0.15, -0.1) is 0 Å². The molecule has 1 fully saturated rings. The summed E-state index contributed by atoms with van der Waals surface area (Å²) in [4.78, 5) is 25.3. The van der Waals surface area contributed by atoms with Crippen molar-refractivity contribution in [2.24, 2.45) is 0 Å². The van der Waals surface area contributed by atoms with E-state index in [2.05, 4.69) is 5.32 Å². The molecule has 0 spiro atoms. The molecule has 2 N–H and O–H groups in total. The van der Waals surface area contributed by atoms with Gasteiger partial charge in [-0.3, -0.25) is 14.5 Å². The van der Waals surface area contributed by atoms with E-state index in [-0.39, 0.29) is 18.5 Å². The van der Waals surface area contributed by atoms with E-state index in [4.69, 9.17) is 9.47 Å². The average molecular weight is 350 g/mol.